The number of amides is 1. The molecule has 0 unspecified atom stereocenters. The number of carboxylic acids is 1. The van der Waals surface area contributed by atoms with Crippen LogP contribution < -0.4 is 4.90 Å². The van der Waals surface area contributed by atoms with Crippen LogP contribution in [0.15, 0.2) is 77.3 Å². The van der Waals surface area contributed by atoms with E-state index in [1.807, 2.05) is 36.4 Å². The number of halogens is 1. The third-order valence-electron chi connectivity index (χ3n) is 5.39. The second-order valence-corrected chi connectivity index (χ2v) is 7.78. The molecule has 0 fully saturated rings. The van der Waals surface area contributed by atoms with Crippen molar-refractivity contribution >= 4 is 23.4 Å². The van der Waals surface area contributed by atoms with E-state index in [4.69, 9.17) is 14.4 Å². The average Bonchev–Trinajstić information content (AvgIpc) is 3.22. The molecule has 0 radical (unpaired) electrons. The number of hydrogen-bond acceptors (Lipinski definition) is 5. The van der Waals surface area contributed by atoms with Crippen LogP contribution in [0.3, 0.4) is 0 Å². The largest absolute Gasteiger partial charge is 0.481 e. The summed E-state index contributed by atoms with van der Waals surface area (Å²) in [6.07, 6.45) is -0.783. The fourth-order valence-electron chi connectivity index (χ4n) is 3.75. The topological polar surface area (TPSA) is 92.9 Å². The van der Waals surface area contributed by atoms with Gasteiger partial charge in [-0.15, -0.1) is 0 Å². The van der Waals surface area contributed by atoms with Crippen LogP contribution in [0.1, 0.15) is 18.2 Å². The number of carboxylic acid groups (broad SMARTS) is 1. The standard InChI is InChI=1S/C27H23FN2O5/c1-3-34-27(33)30(23-7-5-4-6-22(23)28)25-17(2)29-35-26(25)21-14-12-20(13-15-21)19-10-8-18(9-11-19)16-24(31)32/h4-15H,3,16H2,1-2H3,(H,31,32). The van der Waals surface area contributed by atoms with Crippen LogP contribution in [0.4, 0.5) is 20.6 Å². The normalized spacial score (nSPS) is 10.7. The van der Waals surface area contributed by atoms with Crippen molar-refractivity contribution in [3.05, 3.63) is 89.9 Å². The predicted octanol–water partition coefficient (Wildman–Crippen LogP) is 6.38. The van der Waals surface area contributed by atoms with Gasteiger partial charge < -0.3 is 14.4 Å². The van der Waals surface area contributed by atoms with Crippen molar-refractivity contribution in [2.75, 3.05) is 11.5 Å². The number of carbonyl (C=O) groups is 2. The number of hydrogen-bond donors (Lipinski definition) is 1. The van der Waals surface area contributed by atoms with E-state index < -0.39 is 17.9 Å². The molecule has 0 aliphatic carbocycles. The van der Waals surface area contributed by atoms with Gasteiger partial charge in [0.15, 0.2) is 5.76 Å². The number of anilines is 2. The highest BCUT2D eigenvalue weighted by Crippen LogP contribution is 2.39. The minimum atomic E-state index is -0.882. The molecule has 0 saturated heterocycles. The maximum Gasteiger partial charge on any atom is 0.419 e. The molecule has 0 aliphatic rings. The first-order valence-corrected chi connectivity index (χ1v) is 11.0. The number of carbonyl (C=O) groups excluding carboxylic acids is 1. The molecule has 0 saturated carbocycles. The number of rotatable bonds is 7. The van der Waals surface area contributed by atoms with Gasteiger partial charge in [0.05, 0.1) is 18.7 Å². The highest BCUT2D eigenvalue weighted by atomic mass is 19.1. The zero-order valence-corrected chi connectivity index (χ0v) is 19.2. The lowest BCUT2D eigenvalue weighted by molar-refractivity contribution is -0.136. The second-order valence-electron chi connectivity index (χ2n) is 7.78. The van der Waals surface area contributed by atoms with E-state index in [2.05, 4.69) is 5.16 Å². The highest BCUT2D eigenvalue weighted by Gasteiger charge is 2.30. The van der Waals surface area contributed by atoms with E-state index in [9.17, 15) is 14.0 Å². The van der Waals surface area contributed by atoms with E-state index in [0.717, 1.165) is 16.0 Å². The van der Waals surface area contributed by atoms with Crippen molar-refractivity contribution < 1.29 is 28.3 Å². The van der Waals surface area contributed by atoms with E-state index in [0.29, 0.717) is 28.3 Å². The summed E-state index contributed by atoms with van der Waals surface area (Å²) in [5, 5.41) is 13.0. The van der Waals surface area contributed by atoms with Crippen LogP contribution >= 0.6 is 0 Å². The minimum Gasteiger partial charge on any atom is -0.481 e. The molecular weight excluding hydrogens is 451 g/mol. The van der Waals surface area contributed by atoms with Crippen molar-refractivity contribution in [2.24, 2.45) is 0 Å². The lowest BCUT2D eigenvalue weighted by Crippen LogP contribution is -2.28. The van der Waals surface area contributed by atoms with Crippen molar-refractivity contribution in [1.82, 2.24) is 5.16 Å². The molecule has 4 rings (SSSR count). The Morgan fingerprint density at radius 3 is 2.17 bits per heavy atom. The quantitative estimate of drug-likeness (QED) is 0.334. The third kappa shape index (κ3) is 5.06. The summed E-state index contributed by atoms with van der Waals surface area (Å²) in [5.41, 5.74) is 3.89. The van der Waals surface area contributed by atoms with Gasteiger partial charge in [0.1, 0.15) is 17.2 Å². The molecule has 35 heavy (non-hydrogen) atoms. The Kier molecular flexibility index (Phi) is 6.91. The summed E-state index contributed by atoms with van der Waals surface area (Å²) in [4.78, 5) is 24.9. The number of aromatic nitrogens is 1. The van der Waals surface area contributed by atoms with Crippen molar-refractivity contribution in [3.8, 4) is 22.5 Å². The molecule has 7 nitrogen and oxygen atoms in total. The summed E-state index contributed by atoms with van der Waals surface area (Å²) >= 11 is 0. The number of nitrogens with zero attached hydrogens (tertiary/aromatic N) is 2. The molecule has 0 spiro atoms. The van der Waals surface area contributed by atoms with Crippen LogP contribution in [0.5, 0.6) is 0 Å². The maximum absolute atomic E-state index is 14.7. The zero-order chi connectivity index (χ0) is 24.9. The van der Waals surface area contributed by atoms with Crippen LogP contribution in [0.25, 0.3) is 22.5 Å². The van der Waals surface area contributed by atoms with E-state index in [1.165, 1.54) is 18.2 Å². The predicted molar refractivity (Wildman–Crippen MR) is 129 cm³/mol. The van der Waals surface area contributed by atoms with Gasteiger partial charge in [-0.2, -0.15) is 0 Å². The van der Waals surface area contributed by atoms with Crippen LogP contribution in [-0.4, -0.2) is 28.9 Å². The van der Waals surface area contributed by atoms with Gasteiger partial charge in [0.25, 0.3) is 0 Å². The molecule has 1 aromatic heterocycles. The van der Waals surface area contributed by atoms with Crippen molar-refractivity contribution in [3.63, 3.8) is 0 Å². The van der Waals surface area contributed by atoms with Gasteiger partial charge in [-0.25, -0.2) is 14.1 Å². The number of aliphatic carboxylic acids is 1. The van der Waals surface area contributed by atoms with Gasteiger partial charge in [-0.1, -0.05) is 65.8 Å². The lowest BCUT2D eigenvalue weighted by Gasteiger charge is -2.22. The molecule has 0 aliphatic heterocycles. The van der Waals surface area contributed by atoms with Crippen LogP contribution in [0.2, 0.25) is 0 Å². The average molecular weight is 474 g/mol. The fourth-order valence-corrected chi connectivity index (χ4v) is 3.75. The van der Waals surface area contributed by atoms with E-state index >= 15 is 0 Å². The molecule has 4 aromatic rings. The van der Waals surface area contributed by atoms with Gasteiger partial charge in [-0.3, -0.25) is 4.79 Å². The SMILES string of the molecule is CCOC(=O)N(c1ccccc1F)c1c(C)noc1-c1ccc(-c2ccc(CC(=O)O)cc2)cc1. The monoisotopic (exact) mass is 474 g/mol. The van der Waals surface area contributed by atoms with Gasteiger partial charge in [0.2, 0.25) is 0 Å². The zero-order valence-electron chi connectivity index (χ0n) is 19.2. The van der Waals surface area contributed by atoms with Crippen LogP contribution in [0, 0.1) is 12.7 Å². The Bertz CT molecular complexity index is 1350. The fraction of sp³-hybridized carbons (Fsp3) is 0.148. The summed E-state index contributed by atoms with van der Waals surface area (Å²) in [5.74, 6) is -1.18. The Morgan fingerprint density at radius 1 is 0.971 bits per heavy atom. The third-order valence-corrected chi connectivity index (χ3v) is 5.39. The number of para-hydroxylation sites is 1. The summed E-state index contributed by atoms with van der Waals surface area (Å²) in [6, 6.07) is 20.6. The number of ether oxygens (including phenoxy) is 1. The lowest BCUT2D eigenvalue weighted by atomic mass is 10.0. The second kappa shape index (κ2) is 10.2. The Hall–Kier alpha value is -4.46. The number of aryl methyl sites for hydroxylation is 1. The molecule has 1 amide bonds. The first-order valence-electron chi connectivity index (χ1n) is 11.0. The van der Waals surface area contributed by atoms with E-state index in [-0.39, 0.29) is 18.7 Å². The highest BCUT2D eigenvalue weighted by molar-refractivity contribution is 6.00. The Balaban J connectivity index is 1.71. The van der Waals surface area contributed by atoms with Crippen LogP contribution in [-0.2, 0) is 16.0 Å². The molecule has 178 valence electrons. The molecule has 1 heterocycles. The summed E-state index contributed by atoms with van der Waals surface area (Å²) in [6.45, 7) is 3.46. The maximum atomic E-state index is 14.7. The van der Waals surface area contributed by atoms with Gasteiger partial charge in [-0.05, 0) is 42.7 Å². The molecule has 8 heteroatoms. The van der Waals surface area contributed by atoms with Gasteiger partial charge >= 0.3 is 12.1 Å². The molecule has 1 N–H and O–H groups in total. The first-order chi connectivity index (χ1) is 16.9. The van der Waals surface area contributed by atoms with E-state index in [1.54, 1.807) is 32.0 Å². The summed E-state index contributed by atoms with van der Waals surface area (Å²) in [7, 11) is 0. The van der Waals surface area contributed by atoms with Crippen molar-refractivity contribution in [1.29, 1.82) is 0 Å². The molecule has 3 aromatic carbocycles. The minimum absolute atomic E-state index is 0.0246. The smallest absolute Gasteiger partial charge is 0.419 e. The number of benzene rings is 3. The Labute approximate surface area is 201 Å². The first kappa shape index (κ1) is 23.7. The van der Waals surface area contributed by atoms with Gasteiger partial charge in [0, 0.05) is 5.56 Å². The van der Waals surface area contributed by atoms with Crippen molar-refractivity contribution in [2.45, 2.75) is 20.3 Å². The Morgan fingerprint density at radius 2 is 1.57 bits per heavy atom. The summed E-state index contributed by atoms with van der Waals surface area (Å²) < 4.78 is 25.5. The molecular formula is C27H23FN2O5. The molecule has 0 bridgehead atoms. The molecule has 0 atom stereocenters.